The van der Waals surface area contributed by atoms with E-state index in [4.69, 9.17) is 10.5 Å². The fourth-order valence-electron chi connectivity index (χ4n) is 1.58. The quantitative estimate of drug-likeness (QED) is 0.878. The molecule has 0 aromatic carbocycles. The van der Waals surface area contributed by atoms with E-state index in [1.165, 1.54) is 11.3 Å². The minimum Gasteiger partial charge on any atom is -0.477 e. The molecule has 2 N–H and O–H groups in total. The number of hydrogen-bond acceptors (Lipinski definition) is 5. The first-order valence-electron chi connectivity index (χ1n) is 5.58. The summed E-state index contributed by atoms with van der Waals surface area (Å²) in [5, 5.41) is 0.684. The number of nitrogens with two attached hydrogens (primary N) is 1. The van der Waals surface area contributed by atoms with Crippen LogP contribution in [0.4, 0.5) is 19.1 Å². The van der Waals surface area contributed by atoms with Gasteiger partial charge in [-0.15, -0.1) is 11.3 Å². The maximum absolute atomic E-state index is 12.0. The zero-order valence-corrected chi connectivity index (χ0v) is 10.9. The van der Waals surface area contributed by atoms with Crippen LogP contribution < -0.4 is 10.5 Å². The summed E-state index contributed by atoms with van der Waals surface area (Å²) < 4.78 is 41.3. The molecular weight excluding hydrogens is 279 g/mol. The van der Waals surface area contributed by atoms with Crippen molar-refractivity contribution in [2.24, 2.45) is 0 Å². The Labute approximate surface area is 111 Å². The minimum atomic E-state index is -4.16. The van der Waals surface area contributed by atoms with Crippen molar-refractivity contribution in [3.8, 4) is 5.88 Å². The number of alkyl halides is 3. The van der Waals surface area contributed by atoms with E-state index in [1.54, 1.807) is 0 Å². The first kappa shape index (κ1) is 13.9. The second-order valence-electron chi connectivity index (χ2n) is 4.03. The molecule has 2 aromatic rings. The number of rotatable bonds is 4. The van der Waals surface area contributed by atoms with Gasteiger partial charge >= 0.3 is 6.18 Å². The summed E-state index contributed by atoms with van der Waals surface area (Å²) in [6.45, 7) is 1.84. The normalized spacial score (nSPS) is 12.0. The standard InChI is InChI=1S/C11H12F3N3OS/c1-6-5-7-8(16-10(15)17-9(7)19-6)18-4-2-3-11(12,13)14/h5H,2-4H2,1H3,(H2,15,16,17). The molecule has 104 valence electrons. The second-order valence-corrected chi connectivity index (χ2v) is 5.26. The van der Waals surface area contributed by atoms with Crippen LogP contribution in [0.5, 0.6) is 5.88 Å². The Morgan fingerprint density at radius 1 is 1.37 bits per heavy atom. The predicted molar refractivity (Wildman–Crippen MR) is 67.3 cm³/mol. The average Bonchev–Trinajstić information content (AvgIpc) is 2.63. The number of aromatic nitrogens is 2. The van der Waals surface area contributed by atoms with Gasteiger partial charge in [0.2, 0.25) is 11.8 Å². The number of hydrogen-bond donors (Lipinski definition) is 1. The van der Waals surface area contributed by atoms with Crippen molar-refractivity contribution < 1.29 is 17.9 Å². The van der Waals surface area contributed by atoms with Crippen LogP contribution in [0.1, 0.15) is 17.7 Å². The lowest BCUT2D eigenvalue weighted by molar-refractivity contribution is -0.136. The zero-order valence-electron chi connectivity index (χ0n) is 10.1. The molecule has 8 heteroatoms. The Balaban J connectivity index is 2.07. The van der Waals surface area contributed by atoms with E-state index in [0.29, 0.717) is 10.2 Å². The smallest absolute Gasteiger partial charge is 0.389 e. The molecule has 4 nitrogen and oxygen atoms in total. The Morgan fingerprint density at radius 2 is 2.11 bits per heavy atom. The number of fused-ring (bicyclic) bond motifs is 1. The number of nitrogens with zero attached hydrogens (tertiary/aromatic N) is 2. The molecule has 0 fully saturated rings. The van der Waals surface area contributed by atoms with Crippen molar-refractivity contribution in [3.63, 3.8) is 0 Å². The van der Waals surface area contributed by atoms with Crippen LogP contribution in [0.2, 0.25) is 0 Å². The van der Waals surface area contributed by atoms with Crippen LogP contribution in [0.25, 0.3) is 10.2 Å². The molecule has 0 aliphatic heterocycles. The van der Waals surface area contributed by atoms with Gasteiger partial charge in [-0.3, -0.25) is 0 Å². The van der Waals surface area contributed by atoms with Crippen molar-refractivity contribution >= 4 is 27.5 Å². The maximum Gasteiger partial charge on any atom is 0.389 e. The van der Waals surface area contributed by atoms with Gasteiger partial charge in [-0.2, -0.15) is 18.2 Å². The number of halogens is 3. The fraction of sp³-hybridized carbons (Fsp3) is 0.455. The molecule has 0 saturated carbocycles. The summed E-state index contributed by atoms with van der Waals surface area (Å²) in [6.07, 6.45) is -5.15. The van der Waals surface area contributed by atoms with E-state index >= 15 is 0 Å². The lowest BCUT2D eigenvalue weighted by Crippen LogP contribution is -2.10. The van der Waals surface area contributed by atoms with Gasteiger partial charge in [0.1, 0.15) is 4.83 Å². The van der Waals surface area contributed by atoms with E-state index in [2.05, 4.69) is 9.97 Å². The number of aryl methyl sites for hydroxylation is 1. The zero-order chi connectivity index (χ0) is 14.0. The molecular formula is C11H12F3N3OS. The van der Waals surface area contributed by atoms with Gasteiger partial charge < -0.3 is 10.5 Å². The molecule has 0 bridgehead atoms. The number of nitrogen functional groups attached to an aromatic ring is 1. The molecule has 2 aromatic heterocycles. The van der Waals surface area contributed by atoms with E-state index in [1.807, 2.05) is 13.0 Å². The van der Waals surface area contributed by atoms with Crippen molar-refractivity contribution in [1.29, 1.82) is 0 Å². The largest absolute Gasteiger partial charge is 0.477 e. The third kappa shape index (κ3) is 3.69. The number of ether oxygens (including phenoxy) is 1. The summed E-state index contributed by atoms with van der Waals surface area (Å²) in [7, 11) is 0. The third-order valence-electron chi connectivity index (χ3n) is 2.34. The van der Waals surface area contributed by atoms with E-state index in [0.717, 1.165) is 4.88 Å². The lowest BCUT2D eigenvalue weighted by atomic mass is 10.3. The average molecular weight is 291 g/mol. The van der Waals surface area contributed by atoms with Gasteiger partial charge in [-0.25, -0.2) is 4.98 Å². The van der Waals surface area contributed by atoms with Crippen LogP contribution in [-0.4, -0.2) is 22.8 Å². The molecule has 19 heavy (non-hydrogen) atoms. The Kier molecular flexibility index (Phi) is 3.79. The highest BCUT2D eigenvalue weighted by Crippen LogP contribution is 2.30. The number of anilines is 1. The number of thiophene rings is 1. The highest BCUT2D eigenvalue weighted by atomic mass is 32.1. The first-order chi connectivity index (χ1) is 8.85. The molecule has 0 spiro atoms. The van der Waals surface area contributed by atoms with E-state index in [-0.39, 0.29) is 24.9 Å². The summed E-state index contributed by atoms with van der Waals surface area (Å²) in [5.74, 6) is 0.300. The van der Waals surface area contributed by atoms with Gasteiger partial charge in [0, 0.05) is 11.3 Å². The van der Waals surface area contributed by atoms with Crippen LogP contribution in [0.15, 0.2) is 6.07 Å². The topological polar surface area (TPSA) is 61.0 Å². The van der Waals surface area contributed by atoms with Crippen molar-refractivity contribution in [3.05, 3.63) is 10.9 Å². The molecule has 0 amide bonds. The summed E-state index contributed by atoms with van der Waals surface area (Å²) in [6, 6.07) is 1.83. The first-order valence-corrected chi connectivity index (χ1v) is 6.40. The van der Waals surface area contributed by atoms with Crippen LogP contribution >= 0.6 is 11.3 Å². The molecule has 0 aliphatic carbocycles. The summed E-state index contributed by atoms with van der Waals surface area (Å²) >= 11 is 1.43. The molecule has 0 atom stereocenters. The van der Waals surface area contributed by atoms with E-state index in [9.17, 15) is 13.2 Å². The van der Waals surface area contributed by atoms with Gasteiger partial charge in [0.25, 0.3) is 0 Å². The van der Waals surface area contributed by atoms with Gasteiger partial charge in [-0.05, 0) is 19.4 Å². The molecule has 0 radical (unpaired) electrons. The van der Waals surface area contributed by atoms with Crippen molar-refractivity contribution in [2.45, 2.75) is 25.9 Å². The van der Waals surface area contributed by atoms with E-state index < -0.39 is 12.6 Å². The molecule has 0 unspecified atom stereocenters. The van der Waals surface area contributed by atoms with Gasteiger partial charge in [0.05, 0.1) is 12.0 Å². The Hall–Kier alpha value is -1.57. The highest BCUT2D eigenvalue weighted by molar-refractivity contribution is 7.18. The fourth-order valence-corrected chi connectivity index (χ4v) is 2.46. The van der Waals surface area contributed by atoms with Crippen LogP contribution in [-0.2, 0) is 0 Å². The summed E-state index contributed by atoms with van der Waals surface area (Å²) in [5.41, 5.74) is 5.53. The van der Waals surface area contributed by atoms with Gasteiger partial charge in [-0.1, -0.05) is 0 Å². The Bertz CT molecular complexity index is 582. The minimum absolute atomic E-state index is 0.0556. The Morgan fingerprint density at radius 3 is 2.79 bits per heavy atom. The van der Waals surface area contributed by atoms with Gasteiger partial charge in [0.15, 0.2) is 0 Å². The van der Waals surface area contributed by atoms with Crippen molar-refractivity contribution in [1.82, 2.24) is 9.97 Å². The highest BCUT2D eigenvalue weighted by Gasteiger charge is 2.26. The lowest BCUT2D eigenvalue weighted by Gasteiger charge is -2.08. The van der Waals surface area contributed by atoms with Crippen molar-refractivity contribution in [2.75, 3.05) is 12.3 Å². The predicted octanol–water partition coefficient (Wildman–Crippen LogP) is 3.30. The molecule has 0 saturated heterocycles. The molecule has 2 heterocycles. The van der Waals surface area contributed by atoms with Crippen LogP contribution in [0, 0.1) is 6.92 Å². The van der Waals surface area contributed by atoms with Crippen LogP contribution in [0.3, 0.4) is 0 Å². The monoisotopic (exact) mass is 291 g/mol. The second kappa shape index (κ2) is 5.20. The third-order valence-corrected chi connectivity index (χ3v) is 3.29. The molecule has 0 aliphatic rings. The summed E-state index contributed by atoms with van der Waals surface area (Å²) in [4.78, 5) is 9.65. The SMILES string of the molecule is Cc1cc2c(OCCCC(F)(F)F)nc(N)nc2s1. The molecule has 2 rings (SSSR count). The maximum atomic E-state index is 12.0.